The maximum Gasteiger partial charge on any atom is 0.254 e. The first-order valence-corrected chi connectivity index (χ1v) is 8.93. The molecule has 1 aliphatic rings. The first-order valence-electron chi connectivity index (χ1n) is 8.55. The zero-order valence-electron chi connectivity index (χ0n) is 14.2. The van der Waals surface area contributed by atoms with Crippen LogP contribution >= 0.6 is 11.6 Å². The van der Waals surface area contributed by atoms with E-state index in [-0.39, 0.29) is 22.5 Å². The summed E-state index contributed by atoms with van der Waals surface area (Å²) in [6.45, 7) is 4.85. The molecule has 5 heteroatoms. The molecule has 1 aliphatic heterocycles. The Hall–Kier alpha value is -1.91. The highest BCUT2D eigenvalue weighted by molar-refractivity contribution is 6.30. The van der Waals surface area contributed by atoms with Gasteiger partial charge in [0.2, 0.25) is 0 Å². The molecule has 1 amide bonds. The van der Waals surface area contributed by atoms with Crippen LogP contribution in [-0.4, -0.2) is 29.9 Å². The first-order chi connectivity index (χ1) is 12.0. The highest BCUT2D eigenvalue weighted by Crippen LogP contribution is 2.22. The molecule has 1 fully saturated rings. The van der Waals surface area contributed by atoms with E-state index in [1.54, 1.807) is 0 Å². The van der Waals surface area contributed by atoms with Crippen molar-refractivity contribution in [1.82, 2.24) is 10.2 Å². The van der Waals surface area contributed by atoms with E-state index in [4.69, 9.17) is 11.6 Å². The second kappa shape index (κ2) is 7.98. The fraction of sp³-hybridized carbons (Fsp3) is 0.350. The van der Waals surface area contributed by atoms with Gasteiger partial charge in [-0.1, -0.05) is 41.9 Å². The van der Waals surface area contributed by atoms with Gasteiger partial charge >= 0.3 is 0 Å². The summed E-state index contributed by atoms with van der Waals surface area (Å²) in [5.74, 6) is -0.611. The van der Waals surface area contributed by atoms with Crippen molar-refractivity contribution in [3.63, 3.8) is 0 Å². The van der Waals surface area contributed by atoms with E-state index in [1.807, 2.05) is 25.1 Å². The largest absolute Gasteiger partial charge is 0.349 e. The van der Waals surface area contributed by atoms with Gasteiger partial charge in [-0.05, 0) is 49.6 Å². The highest BCUT2D eigenvalue weighted by atomic mass is 35.5. The van der Waals surface area contributed by atoms with Gasteiger partial charge < -0.3 is 5.32 Å². The quantitative estimate of drug-likeness (QED) is 0.869. The van der Waals surface area contributed by atoms with Crippen LogP contribution in [0.5, 0.6) is 0 Å². The van der Waals surface area contributed by atoms with Crippen molar-refractivity contribution >= 4 is 17.5 Å². The normalized spacial score (nSPS) is 18.9. The van der Waals surface area contributed by atoms with E-state index < -0.39 is 5.82 Å². The molecule has 1 heterocycles. The number of amides is 1. The average molecular weight is 361 g/mol. The fourth-order valence-corrected chi connectivity index (χ4v) is 3.49. The van der Waals surface area contributed by atoms with Gasteiger partial charge in [0.05, 0.1) is 5.56 Å². The Morgan fingerprint density at radius 2 is 2.08 bits per heavy atom. The van der Waals surface area contributed by atoms with E-state index in [0.717, 1.165) is 32.1 Å². The van der Waals surface area contributed by atoms with Crippen molar-refractivity contribution in [2.24, 2.45) is 5.92 Å². The maximum absolute atomic E-state index is 13.9. The van der Waals surface area contributed by atoms with E-state index in [0.29, 0.717) is 5.92 Å². The van der Waals surface area contributed by atoms with Crippen LogP contribution in [0.25, 0.3) is 0 Å². The van der Waals surface area contributed by atoms with Crippen LogP contribution in [0.1, 0.15) is 29.3 Å². The lowest BCUT2D eigenvalue weighted by Crippen LogP contribution is -2.39. The minimum Gasteiger partial charge on any atom is -0.349 e. The standard InChI is InChI=1S/C20H22ClFN2O/c1-14(23-20(25)18-8-7-17(21)11-19(18)22)16-9-10-24(13-16)12-15-5-3-2-4-6-15/h2-8,11,14,16H,9-10,12-13H2,1H3,(H,23,25)/t14-,16-/m1/s1. The van der Waals surface area contributed by atoms with Crippen LogP contribution < -0.4 is 5.32 Å². The van der Waals surface area contributed by atoms with E-state index >= 15 is 0 Å². The van der Waals surface area contributed by atoms with Crippen molar-refractivity contribution in [2.75, 3.05) is 13.1 Å². The molecule has 2 aromatic carbocycles. The zero-order chi connectivity index (χ0) is 17.8. The summed E-state index contributed by atoms with van der Waals surface area (Å²) in [5, 5.41) is 3.22. The molecule has 3 nitrogen and oxygen atoms in total. The molecule has 132 valence electrons. The topological polar surface area (TPSA) is 32.3 Å². The lowest BCUT2D eigenvalue weighted by atomic mass is 10.00. The number of hydrogen-bond acceptors (Lipinski definition) is 2. The number of halogens is 2. The summed E-state index contributed by atoms with van der Waals surface area (Å²) >= 11 is 5.74. The van der Waals surface area contributed by atoms with Crippen molar-refractivity contribution in [1.29, 1.82) is 0 Å². The van der Waals surface area contributed by atoms with Gasteiger partial charge in [0.1, 0.15) is 5.82 Å². The summed E-state index contributed by atoms with van der Waals surface area (Å²) < 4.78 is 13.9. The number of nitrogens with zero attached hydrogens (tertiary/aromatic N) is 1. The smallest absolute Gasteiger partial charge is 0.254 e. The van der Waals surface area contributed by atoms with Gasteiger partial charge in [0.15, 0.2) is 0 Å². The molecular formula is C20H22ClFN2O. The maximum atomic E-state index is 13.9. The second-order valence-corrected chi connectivity index (χ2v) is 7.09. The highest BCUT2D eigenvalue weighted by Gasteiger charge is 2.28. The Balaban J connectivity index is 1.55. The van der Waals surface area contributed by atoms with Crippen molar-refractivity contribution in [2.45, 2.75) is 25.9 Å². The Morgan fingerprint density at radius 1 is 1.32 bits per heavy atom. The molecule has 1 saturated heterocycles. The predicted octanol–water partition coefficient (Wildman–Crippen LogP) is 4.12. The number of rotatable bonds is 5. The summed E-state index contributed by atoms with van der Waals surface area (Å²) in [7, 11) is 0. The number of carbonyl (C=O) groups excluding carboxylic acids is 1. The predicted molar refractivity (Wildman–Crippen MR) is 98.2 cm³/mol. The van der Waals surface area contributed by atoms with E-state index in [9.17, 15) is 9.18 Å². The average Bonchev–Trinajstić information content (AvgIpc) is 3.04. The number of nitrogens with one attached hydrogen (secondary N) is 1. The van der Waals surface area contributed by atoms with Crippen molar-refractivity contribution in [3.8, 4) is 0 Å². The van der Waals surface area contributed by atoms with Crippen LogP contribution in [0.15, 0.2) is 48.5 Å². The summed E-state index contributed by atoms with van der Waals surface area (Å²) in [6.07, 6.45) is 1.03. The lowest BCUT2D eigenvalue weighted by molar-refractivity contribution is 0.0923. The van der Waals surface area contributed by atoms with Gasteiger partial charge in [0, 0.05) is 24.2 Å². The fourth-order valence-electron chi connectivity index (χ4n) is 3.33. The second-order valence-electron chi connectivity index (χ2n) is 6.66. The number of carbonyl (C=O) groups is 1. The molecule has 0 aliphatic carbocycles. The number of hydrogen-bond donors (Lipinski definition) is 1. The Kier molecular flexibility index (Phi) is 5.71. The van der Waals surface area contributed by atoms with Gasteiger partial charge in [-0.15, -0.1) is 0 Å². The molecule has 3 rings (SSSR count). The molecule has 0 saturated carbocycles. The third kappa shape index (κ3) is 4.59. The van der Waals surface area contributed by atoms with Gasteiger partial charge in [0.25, 0.3) is 5.91 Å². The monoisotopic (exact) mass is 360 g/mol. The van der Waals surface area contributed by atoms with Crippen molar-refractivity contribution < 1.29 is 9.18 Å². The van der Waals surface area contributed by atoms with Crippen molar-refractivity contribution in [3.05, 3.63) is 70.5 Å². The third-order valence-electron chi connectivity index (χ3n) is 4.80. The minimum atomic E-state index is -0.589. The molecule has 2 atom stereocenters. The SMILES string of the molecule is C[C@@H](NC(=O)c1ccc(Cl)cc1F)[C@@H]1CCN(Cc2ccccc2)C1. The van der Waals surface area contributed by atoms with Gasteiger partial charge in [-0.2, -0.15) is 0 Å². The summed E-state index contributed by atoms with van der Waals surface area (Å²) in [4.78, 5) is 14.7. The molecule has 0 bridgehead atoms. The van der Waals surface area contributed by atoms with Crippen LogP contribution in [0.3, 0.4) is 0 Å². The van der Waals surface area contributed by atoms with E-state index in [2.05, 4.69) is 22.3 Å². The van der Waals surface area contributed by atoms with Crippen LogP contribution in [0.2, 0.25) is 5.02 Å². The van der Waals surface area contributed by atoms with E-state index in [1.165, 1.54) is 17.7 Å². The van der Waals surface area contributed by atoms with Crippen LogP contribution in [0, 0.1) is 11.7 Å². The summed E-state index contributed by atoms with van der Waals surface area (Å²) in [6, 6.07) is 14.5. The first kappa shape index (κ1) is 17.9. The van der Waals surface area contributed by atoms with Crippen LogP contribution in [0.4, 0.5) is 4.39 Å². The molecule has 0 radical (unpaired) electrons. The molecular weight excluding hydrogens is 339 g/mol. The minimum absolute atomic E-state index is 0.0108. The molecule has 0 unspecified atom stereocenters. The number of likely N-dealkylation sites (tertiary alicyclic amines) is 1. The molecule has 25 heavy (non-hydrogen) atoms. The Labute approximate surface area is 152 Å². The van der Waals surface area contributed by atoms with Crippen LogP contribution in [-0.2, 0) is 6.54 Å². The molecule has 0 aromatic heterocycles. The Bertz CT molecular complexity index is 738. The lowest BCUT2D eigenvalue weighted by Gasteiger charge is -2.22. The zero-order valence-corrected chi connectivity index (χ0v) is 15.0. The third-order valence-corrected chi connectivity index (χ3v) is 5.03. The summed E-state index contributed by atoms with van der Waals surface area (Å²) in [5.41, 5.74) is 1.33. The molecule has 2 aromatic rings. The van der Waals surface area contributed by atoms with Gasteiger partial charge in [-0.25, -0.2) is 4.39 Å². The molecule has 0 spiro atoms. The van der Waals surface area contributed by atoms with Gasteiger partial charge in [-0.3, -0.25) is 9.69 Å². The number of benzene rings is 2. The molecule has 1 N–H and O–H groups in total. The Morgan fingerprint density at radius 3 is 2.80 bits per heavy atom.